The van der Waals surface area contributed by atoms with Crippen LogP contribution in [0.4, 0.5) is 0 Å². The number of aliphatic hydroxyl groups excluding tert-OH is 2. The minimum Gasteiger partial charge on any atom is -0.658 e. The molecular formula is C11H22NNaO3S2. The number of hydrogen-bond acceptors (Lipinski definition) is 5. The van der Waals surface area contributed by atoms with Crippen LogP contribution in [0.1, 0.15) is 20.3 Å². The molecule has 2 atom stereocenters. The summed E-state index contributed by atoms with van der Waals surface area (Å²) in [7, 11) is 0. The second-order valence-electron chi connectivity index (χ2n) is 3.64. The summed E-state index contributed by atoms with van der Waals surface area (Å²) in [5, 5.41) is 21.7. The maximum absolute atomic E-state index is 9.36. The molecule has 7 heteroatoms. The Bertz CT molecular complexity index is 193. The fourth-order valence-electron chi connectivity index (χ4n) is 0.887. The van der Waals surface area contributed by atoms with E-state index in [9.17, 15) is 5.11 Å². The minimum absolute atomic E-state index is 0. The monoisotopic (exact) mass is 303 g/mol. The summed E-state index contributed by atoms with van der Waals surface area (Å²) >= 11 is 7.92. The average molecular weight is 303 g/mol. The van der Waals surface area contributed by atoms with E-state index in [1.165, 1.54) is 0 Å². The fourth-order valence-corrected chi connectivity index (χ4v) is 0.887. The first-order chi connectivity index (χ1) is 8.12. The SMILES string of the molecule is CCC(C)COCC(O)C[N-]CCO.S=C=S.[Na+]. The Balaban J connectivity index is -0.000000507. The third-order valence-electron chi connectivity index (χ3n) is 2.01. The van der Waals surface area contributed by atoms with Crippen LogP contribution in [0.15, 0.2) is 0 Å². The van der Waals surface area contributed by atoms with Crippen molar-refractivity contribution in [3.63, 3.8) is 0 Å². The van der Waals surface area contributed by atoms with E-state index in [4.69, 9.17) is 9.84 Å². The van der Waals surface area contributed by atoms with E-state index in [1.807, 2.05) is 4.31 Å². The Morgan fingerprint density at radius 1 is 1.33 bits per heavy atom. The predicted octanol–water partition coefficient (Wildman–Crippen LogP) is -1.20. The van der Waals surface area contributed by atoms with Gasteiger partial charge in [-0.05, 0) is 30.4 Å². The van der Waals surface area contributed by atoms with Crippen molar-refractivity contribution in [3.8, 4) is 0 Å². The first-order valence-corrected chi connectivity index (χ1v) is 6.43. The van der Waals surface area contributed by atoms with Crippen LogP contribution in [0.5, 0.6) is 0 Å². The number of aliphatic hydroxyl groups is 2. The zero-order valence-electron chi connectivity index (χ0n) is 11.5. The van der Waals surface area contributed by atoms with Gasteiger partial charge in [-0.2, -0.15) is 0 Å². The second kappa shape index (κ2) is 20.4. The molecule has 2 N–H and O–H groups in total. The summed E-state index contributed by atoms with van der Waals surface area (Å²) in [5.74, 6) is 0.539. The van der Waals surface area contributed by atoms with Crippen molar-refractivity contribution in [2.24, 2.45) is 5.92 Å². The molecule has 0 amide bonds. The summed E-state index contributed by atoms with van der Waals surface area (Å²) in [6, 6.07) is 0. The van der Waals surface area contributed by atoms with E-state index in [2.05, 4.69) is 43.6 Å². The van der Waals surface area contributed by atoms with Crippen molar-refractivity contribution in [2.75, 3.05) is 32.9 Å². The summed E-state index contributed by atoms with van der Waals surface area (Å²) in [4.78, 5) is 0. The van der Waals surface area contributed by atoms with Crippen LogP contribution in [-0.4, -0.2) is 53.5 Å². The van der Waals surface area contributed by atoms with Gasteiger partial charge in [-0.3, -0.25) is 0 Å². The van der Waals surface area contributed by atoms with Gasteiger partial charge in [-0.15, -0.1) is 13.1 Å². The number of nitrogens with zero attached hydrogens (tertiary/aromatic N) is 1. The Hall–Kier alpha value is 1.06. The largest absolute Gasteiger partial charge is 1.00 e. The van der Waals surface area contributed by atoms with E-state index in [0.717, 1.165) is 6.42 Å². The summed E-state index contributed by atoms with van der Waals surface area (Å²) in [6.07, 6.45) is 0.552. The van der Waals surface area contributed by atoms with Crippen LogP contribution in [0.2, 0.25) is 0 Å². The Morgan fingerprint density at radius 3 is 2.33 bits per heavy atom. The molecule has 18 heavy (non-hydrogen) atoms. The number of thiocarbonyl (C=S) groups is 2. The van der Waals surface area contributed by atoms with Crippen LogP contribution >= 0.6 is 24.4 Å². The van der Waals surface area contributed by atoms with E-state index in [-0.39, 0.29) is 36.2 Å². The summed E-state index contributed by atoms with van der Waals surface area (Å²) in [6.45, 7) is 6.03. The molecule has 0 radical (unpaired) electrons. The molecule has 0 heterocycles. The van der Waals surface area contributed by atoms with E-state index < -0.39 is 6.10 Å². The van der Waals surface area contributed by atoms with Gasteiger partial charge in [-0.25, -0.2) is 0 Å². The maximum atomic E-state index is 9.36. The van der Waals surface area contributed by atoms with Crippen molar-refractivity contribution in [2.45, 2.75) is 26.4 Å². The molecule has 2 unspecified atom stereocenters. The molecule has 0 aromatic carbocycles. The predicted molar refractivity (Wildman–Crippen MR) is 76.6 cm³/mol. The zero-order valence-corrected chi connectivity index (χ0v) is 15.1. The molecule has 0 fully saturated rings. The molecule has 0 aromatic heterocycles. The molecule has 0 aromatic rings. The van der Waals surface area contributed by atoms with Gasteiger partial charge in [0.1, 0.15) is 0 Å². The van der Waals surface area contributed by atoms with Crippen LogP contribution < -0.4 is 29.6 Å². The Morgan fingerprint density at radius 2 is 1.89 bits per heavy atom. The zero-order chi connectivity index (χ0) is 13.5. The summed E-state index contributed by atoms with van der Waals surface area (Å²) in [5.41, 5.74) is 0. The molecule has 0 bridgehead atoms. The Labute approximate surface area is 143 Å². The van der Waals surface area contributed by atoms with Gasteiger partial charge in [-0.1, -0.05) is 20.3 Å². The van der Waals surface area contributed by atoms with Gasteiger partial charge < -0.3 is 20.3 Å². The molecule has 0 saturated heterocycles. The third-order valence-corrected chi connectivity index (χ3v) is 2.01. The van der Waals surface area contributed by atoms with Gasteiger partial charge >= 0.3 is 29.6 Å². The van der Waals surface area contributed by atoms with E-state index in [1.54, 1.807) is 0 Å². The molecule has 0 rings (SSSR count). The van der Waals surface area contributed by atoms with Crippen LogP contribution in [-0.2, 0) is 4.74 Å². The van der Waals surface area contributed by atoms with Crippen LogP contribution in [0.3, 0.4) is 0 Å². The number of rotatable bonds is 9. The third kappa shape index (κ3) is 22.3. The van der Waals surface area contributed by atoms with Gasteiger partial charge in [0, 0.05) is 17.5 Å². The average Bonchev–Trinajstić information content (AvgIpc) is 2.30. The van der Waals surface area contributed by atoms with Crippen molar-refractivity contribution in [1.82, 2.24) is 0 Å². The normalized spacial score (nSPS) is 12.4. The van der Waals surface area contributed by atoms with Crippen molar-refractivity contribution in [1.29, 1.82) is 0 Å². The second-order valence-corrected chi connectivity index (χ2v) is 4.31. The first kappa shape index (κ1) is 24.1. The molecule has 0 aliphatic carbocycles. The maximum Gasteiger partial charge on any atom is 1.00 e. The first-order valence-electron chi connectivity index (χ1n) is 5.61. The fraction of sp³-hybridized carbons (Fsp3) is 0.909. The van der Waals surface area contributed by atoms with E-state index >= 15 is 0 Å². The van der Waals surface area contributed by atoms with Gasteiger partial charge in [0.15, 0.2) is 0 Å². The smallest absolute Gasteiger partial charge is 0.658 e. The van der Waals surface area contributed by atoms with Gasteiger partial charge in [0.2, 0.25) is 0 Å². The Kier molecular flexibility index (Phi) is 27.3. The molecule has 0 saturated carbocycles. The molecular weight excluding hydrogens is 281 g/mol. The standard InChI is InChI=1S/C10H22NO3.CS2.Na/c1-3-9(2)7-14-8-10(13)6-11-4-5-12;2-1-3;/h9-10,12-13H,3-8H2,1-2H3;;/q-1;;+1. The van der Waals surface area contributed by atoms with E-state index in [0.29, 0.717) is 32.2 Å². The minimum atomic E-state index is -0.536. The molecule has 0 aliphatic rings. The molecule has 0 aliphatic heterocycles. The molecule has 102 valence electrons. The summed E-state index contributed by atoms with van der Waals surface area (Å²) < 4.78 is 7.22. The topological polar surface area (TPSA) is 63.8 Å². The quantitative estimate of drug-likeness (QED) is 0.318. The van der Waals surface area contributed by atoms with Crippen molar-refractivity contribution >= 4 is 28.7 Å². The van der Waals surface area contributed by atoms with Gasteiger partial charge in [0.05, 0.1) is 12.7 Å². The van der Waals surface area contributed by atoms with Crippen molar-refractivity contribution < 1.29 is 44.5 Å². The number of ether oxygens (including phenoxy) is 1. The number of hydrogen-bond donors (Lipinski definition) is 2. The van der Waals surface area contributed by atoms with Crippen molar-refractivity contribution in [3.05, 3.63) is 5.32 Å². The molecule has 4 nitrogen and oxygen atoms in total. The van der Waals surface area contributed by atoms with Crippen LogP contribution in [0, 0.1) is 5.92 Å². The van der Waals surface area contributed by atoms with Gasteiger partial charge in [0.25, 0.3) is 0 Å². The molecule has 0 spiro atoms. The van der Waals surface area contributed by atoms with Crippen LogP contribution in [0.25, 0.3) is 5.32 Å².